The maximum absolute atomic E-state index is 12.6. The second-order valence-corrected chi connectivity index (χ2v) is 7.43. The maximum Gasteiger partial charge on any atom is 0.410 e. The molecule has 2 unspecified atom stereocenters. The number of benzene rings is 1. The lowest BCUT2D eigenvalue weighted by molar-refractivity contribution is -0.164. The quantitative estimate of drug-likeness (QED) is 0.925. The Bertz CT molecular complexity index is 572. The SMILES string of the molecule is O=C(OCc1ccccc1)N1C2COCC1CC(O)(C1CCC1)C2. The molecule has 2 saturated heterocycles. The summed E-state index contributed by atoms with van der Waals surface area (Å²) in [4.78, 5) is 14.4. The summed E-state index contributed by atoms with van der Waals surface area (Å²) < 4.78 is 11.2. The van der Waals surface area contributed by atoms with Crippen molar-refractivity contribution < 1.29 is 19.4 Å². The summed E-state index contributed by atoms with van der Waals surface area (Å²) in [5.41, 5.74) is 0.350. The molecule has 2 atom stereocenters. The van der Waals surface area contributed by atoms with Gasteiger partial charge in [0.1, 0.15) is 6.61 Å². The molecule has 5 heteroatoms. The van der Waals surface area contributed by atoms with E-state index in [0.29, 0.717) is 32.0 Å². The monoisotopic (exact) mass is 331 g/mol. The van der Waals surface area contributed by atoms with Crippen LogP contribution < -0.4 is 0 Å². The van der Waals surface area contributed by atoms with Crippen LogP contribution in [-0.2, 0) is 16.1 Å². The molecule has 24 heavy (non-hydrogen) atoms. The van der Waals surface area contributed by atoms with Gasteiger partial charge in [0.15, 0.2) is 0 Å². The minimum Gasteiger partial charge on any atom is -0.445 e. The van der Waals surface area contributed by atoms with Crippen LogP contribution in [0.2, 0.25) is 0 Å². The summed E-state index contributed by atoms with van der Waals surface area (Å²) in [6, 6.07) is 9.55. The molecule has 0 radical (unpaired) electrons. The molecule has 2 bridgehead atoms. The van der Waals surface area contributed by atoms with Crippen LogP contribution in [-0.4, -0.2) is 47.0 Å². The summed E-state index contributed by atoms with van der Waals surface area (Å²) in [7, 11) is 0. The van der Waals surface area contributed by atoms with E-state index in [-0.39, 0.29) is 24.8 Å². The molecule has 3 fully saturated rings. The predicted octanol–water partition coefficient (Wildman–Crippen LogP) is 2.72. The fraction of sp³-hybridized carbons (Fsp3) is 0.632. The fourth-order valence-corrected chi connectivity index (χ4v) is 4.38. The average Bonchev–Trinajstić information content (AvgIpc) is 2.51. The highest BCUT2D eigenvalue weighted by molar-refractivity contribution is 5.69. The molecule has 4 rings (SSSR count). The van der Waals surface area contributed by atoms with E-state index in [9.17, 15) is 9.90 Å². The molecule has 1 saturated carbocycles. The molecular weight excluding hydrogens is 306 g/mol. The van der Waals surface area contributed by atoms with Crippen molar-refractivity contribution in [1.82, 2.24) is 4.90 Å². The van der Waals surface area contributed by atoms with E-state index in [2.05, 4.69) is 0 Å². The van der Waals surface area contributed by atoms with E-state index in [0.717, 1.165) is 18.4 Å². The van der Waals surface area contributed by atoms with Crippen LogP contribution in [0.3, 0.4) is 0 Å². The van der Waals surface area contributed by atoms with Gasteiger partial charge in [0.25, 0.3) is 0 Å². The molecule has 1 aliphatic carbocycles. The molecule has 1 amide bonds. The predicted molar refractivity (Wildman–Crippen MR) is 88.4 cm³/mol. The number of carbonyl (C=O) groups excluding carboxylic acids is 1. The van der Waals surface area contributed by atoms with Crippen molar-refractivity contribution in [1.29, 1.82) is 0 Å². The Labute approximate surface area is 142 Å². The van der Waals surface area contributed by atoms with Gasteiger partial charge in [0.2, 0.25) is 0 Å². The standard InChI is InChI=1S/C19H25NO4/c21-18(24-11-14-5-2-1-3-6-14)20-16-9-19(22,15-7-4-8-15)10-17(20)13-23-12-16/h1-3,5-6,15-17,22H,4,7-13H2. The van der Waals surface area contributed by atoms with Crippen LogP contribution in [0.5, 0.6) is 0 Å². The average molecular weight is 331 g/mol. The molecule has 130 valence electrons. The minimum atomic E-state index is -0.631. The Morgan fingerprint density at radius 1 is 1.21 bits per heavy atom. The Balaban J connectivity index is 1.42. The van der Waals surface area contributed by atoms with E-state index in [1.54, 1.807) is 0 Å². The first-order valence-electron chi connectivity index (χ1n) is 8.95. The molecular formula is C19H25NO4. The number of fused-ring (bicyclic) bond motifs is 2. The number of nitrogens with zero attached hydrogens (tertiary/aromatic N) is 1. The lowest BCUT2D eigenvalue weighted by Crippen LogP contribution is -2.65. The van der Waals surface area contributed by atoms with E-state index in [4.69, 9.17) is 9.47 Å². The number of hydrogen-bond donors (Lipinski definition) is 1. The van der Waals surface area contributed by atoms with Crippen LogP contribution in [0.25, 0.3) is 0 Å². The highest BCUT2D eigenvalue weighted by Gasteiger charge is 2.52. The summed E-state index contributed by atoms with van der Waals surface area (Å²) in [5.74, 6) is 0.392. The summed E-state index contributed by atoms with van der Waals surface area (Å²) in [6.07, 6.45) is 4.35. The molecule has 2 heterocycles. The molecule has 0 spiro atoms. The molecule has 1 aromatic carbocycles. The third kappa shape index (κ3) is 2.91. The number of ether oxygens (including phenoxy) is 2. The Morgan fingerprint density at radius 2 is 1.88 bits per heavy atom. The lowest BCUT2D eigenvalue weighted by atomic mass is 9.65. The summed E-state index contributed by atoms with van der Waals surface area (Å²) >= 11 is 0. The highest BCUT2D eigenvalue weighted by atomic mass is 16.6. The number of piperidine rings is 1. The van der Waals surface area contributed by atoms with Gasteiger partial charge < -0.3 is 14.6 Å². The first-order valence-corrected chi connectivity index (χ1v) is 8.95. The summed E-state index contributed by atoms with van der Waals surface area (Å²) in [6.45, 7) is 1.27. The van der Waals surface area contributed by atoms with Crippen molar-refractivity contribution in [3.63, 3.8) is 0 Å². The van der Waals surface area contributed by atoms with E-state index < -0.39 is 5.60 Å². The first kappa shape index (κ1) is 15.9. The van der Waals surface area contributed by atoms with Crippen molar-refractivity contribution in [2.75, 3.05) is 13.2 Å². The number of morpholine rings is 1. The van der Waals surface area contributed by atoms with Gasteiger partial charge in [0.05, 0.1) is 30.9 Å². The topological polar surface area (TPSA) is 59.0 Å². The maximum atomic E-state index is 12.6. The van der Waals surface area contributed by atoms with E-state index >= 15 is 0 Å². The summed E-state index contributed by atoms with van der Waals surface area (Å²) in [5, 5.41) is 11.1. The Morgan fingerprint density at radius 3 is 2.46 bits per heavy atom. The van der Waals surface area contributed by atoms with Crippen LogP contribution in [0.1, 0.15) is 37.7 Å². The second kappa shape index (κ2) is 6.37. The molecule has 0 aromatic heterocycles. The highest BCUT2D eigenvalue weighted by Crippen LogP contribution is 2.46. The van der Waals surface area contributed by atoms with Gasteiger partial charge in [-0.1, -0.05) is 36.8 Å². The van der Waals surface area contributed by atoms with Crippen LogP contribution in [0.15, 0.2) is 30.3 Å². The van der Waals surface area contributed by atoms with Gasteiger partial charge in [-0.05, 0) is 37.2 Å². The van der Waals surface area contributed by atoms with Gasteiger partial charge >= 0.3 is 6.09 Å². The zero-order valence-corrected chi connectivity index (χ0v) is 13.9. The van der Waals surface area contributed by atoms with Crippen molar-refractivity contribution in [2.45, 2.75) is 56.4 Å². The van der Waals surface area contributed by atoms with Crippen molar-refractivity contribution in [3.8, 4) is 0 Å². The zero-order valence-electron chi connectivity index (χ0n) is 13.9. The van der Waals surface area contributed by atoms with Gasteiger partial charge in [-0.3, -0.25) is 4.90 Å². The lowest BCUT2D eigenvalue weighted by Gasteiger charge is -2.54. The molecule has 3 aliphatic rings. The zero-order chi connectivity index (χ0) is 16.6. The van der Waals surface area contributed by atoms with Gasteiger partial charge in [-0.15, -0.1) is 0 Å². The van der Waals surface area contributed by atoms with Crippen LogP contribution >= 0.6 is 0 Å². The molecule has 2 aliphatic heterocycles. The number of hydrogen-bond acceptors (Lipinski definition) is 4. The van der Waals surface area contributed by atoms with E-state index in [1.165, 1.54) is 6.42 Å². The molecule has 5 nitrogen and oxygen atoms in total. The molecule has 1 N–H and O–H groups in total. The van der Waals surface area contributed by atoms with Gasteiger partial charge in [0, 0.05) is 0 Å². The minimum absolute atomic E-state index is 0.0774. The largest absolute Gasteiger partial charge is 0.445 e. The normalized spacial score (nSPS) is 33.0. The third-order valence-corrected chi connectivity index (χ3v) is 5.87. The first-order chi connectivity index (χ1) is 11.7. The number of carbonyl (C=O) groups is 1. The van der Waals surface area contributed by atoms with Crippen LogP contribution in [0.4, 0.5) is 4.79 Å². The second-order valence-electron chi connectivity index (χ2n) is 7.43. The number of amides is 1. The number of rotatable bonds is 3. The smallest absolute Gasteiger partial charge is 0.410 e. The van der Waals surface area contributed by atoms with Crippen molar-refractivity contribution in [3.05, 3.63) is 35.9 Å². The third-order valence-electron chi connectivity index (χ3n) is 5.87. The fourth-order valence-electron chi connectivity index (χ4n) is 4.38. The van der Waals surface area contributed by atoms with Crippen LogP contribution in [0, 0.1) is 5.92 Å². The van der Waals surface area contributed by atoms with Crippen molar-refractivity contribution >= 4 is 6.09 Å². The Hall–Kier alpha value is -1.59. The molecule has 1 aromatic rings. The Kier molecular flexibility index (Phi) is 4.22. The van der Waals surface area contributed by atoms with Crippen molar-refractivity contribution in [2.24, 2.45) is 5.92 Å². The van der Waals surface area contributed by atoms with Gasteiger partial charge in [-0.2, -0.15) is 0 Å². The van der Waals surface area contributed by atoms with E-state index in [1.807, 2.05) is 35.2 Å². The number of aliphatic hydroxyl groups is 1. The van der Waals surface area contributed by atoms with Gasteiger partial charge in [-0.25, -0.2) is 4.79 Å².